The van der Waals surface area contributed by atoms with Crippen molar-refractivity contribution in [2.24, 2.45) is 5.41 Å². The maximum absolute atomic E-state index is 11.4. The first kappa shape index (κ1) is 14.4. The molecule has 15 heavy (non-hydrogen) atoms. The van der Waals surface area contributed by atoms with Gasteiger partial charge in [0.25, 0.3) is 0 Å². The van der Waals surface area contributed by atoms with Crippen LogP contribution in [0, 0.1) is 5.41 Å². The number of amides is 1. The Labute approximate surface area is 94.2 Å². The lowest BCUT2D eigenvalue weighted by Gasteiger charge is -2.21. The number of carbonyl (C=O) groups excluding carboxylic acids is 1. The summed E-state index contributed by atoms with van der Waals surface area (Å²) in [5.41, 5.74) is 0.359. The lowest BCUT2D eigenvalue weighted by atomic mass is 9.92. The van der Waals surface area contributed by atoms with E-state index in [0.29, 0.717) is 11.8 Å². The second kappa shape index (κ2) is 6.11. The normalized spacial score (nSPS) is 13.7. The molecule has 0 aliphatic carbocycles. The Kier molecular flexibility index (Phi) is 5.88. The standard InChI is InChI=1S/C12H26N2O/c1-10(9-11(15)14(5)6)13-8-7-12(2,3)4/h10,13H,7-9H2,1-6H3. The van der Waals surface area contributed by atoms with Crippen LogP contribution in [0.25, 0.3) is 0 Å². The van der Waals surface area contributed by atoms with Gasteiger partial charge in [-0.15, -0.1) is 0 Å². The second-order valence-electron chi connectivity index (χ2n) is 5.66. The molecule has 0 fully saturated rings. The molecule has 0 aromatic rings. The van der Waals surface area contributed by atoms with Crippen LogP contribution in [0.3, 0.4) is 0 Å². The van der Waals surface area contributed by atoms with Gasteiger partial charge in [0.1, 0.15) is 0 Å². The minimum Gasteiger partial charge on any atom is -0.349 e. The Bertz CT molecular complexity index is 194. The van der Waals surface area contributed by atoms with Crippen molar-refractivity contribution in [3.05, 3.63) is 0 Å². The van der Waals surface area contributed by atoms with Crippen LogP contribution in [-0.2, 0) is 4.79 Å². The molecular weight excluding hydrogens is 188 g/mol. The molecule has 1 atom stereocenters. The van der Waals surface area contributed by atoms with Crippen LogP contribution in [0.1, 0.15) is 40.5 Å². The first-order chi connectivity index (χ1) is 6.72. The van der Waals surface area contributed by atoms with Gasteiger partial charge in [-0.1, -0.05) is 20.8 Å². The minimum atomic E-state index is 0.186. The maximum atomic E-state index is 11.4. The highest BCUT2D eigenvalue weighted by molar-refractivity contribution is 5.76. The van der Waals surface area contributed by atoms with E-state index in [1.165, 1.54) is 0 Å². The molecular formula is C12H26N2O. The number of hydrogen-bond donors (Lipinski definition) is 1. The average molecular weight is 214 g/mol. The summed E-state index contributed by atoms with van der Waals surface area (Å²) < 4.78 is 0. The Balaban J connectivity index is 3.67. The third kappa shape index (κ3) is 8.43. The van der Waals surface area contributed by atoms with Crippen molar-refractivity contribution >= 4 is 5.91 Å². The molecule has 0 spiro atoms. The molecule has 0 aliphatic rings. The van der Waals surface area contributed by atoms with Crippen LogP contribution in [0.5, 0.6) is 0 Å². The summed E-state index contributed by atoms with van der Waals surface area (Å²) in [6.07, 6.45) is 1.71. The maximum Gasteiger partial charge on any atom is 0.223 e. The SMILES string of the molecule is CC(CC(=O)N(C)C)NCCC(C)(C)C. The van der Waals surface area contributed by atoms with Gasteiger partial charge in [-0.3, -0.25) is 4.79 Å². The predicted molar refractivity (Wildman–Crippen MR) is 64.8 cm³/mol. The van der Waals surface area contributed by atoms with E-state index < -0.39 is 0 Å². The predicted octanol–water partition coefficient (Wildman–Crippen LogP) is 1.88. The van der Waals surface area contributed by atoms with Gasteiger partial charge in [0.15, 0.2) is 0 Å². The van der Waals surface area contributed by atoms with Crippen LogP contribution >= 0.6 is 0 Å². The molecule has 0 bridgehead atoms. The summed E-state index contributed by atoms with van der Waals surface area (Å²) >= 11 is 0. The summed E-state index contributed by atoms with van der Waals surface area (Å²) in [6, 6.07) is 0.266. The van der Waals surface area contributed by atoms with Gasteiger partial charge in [0.05, 0.1) is 0 Å². The van der Waals surface area contributed by atoms with E-state index in [-0.39, 0.29) is 11.9 Å². The van der Waals surface area contributed by atoms with Gasteiger partial charge < -0.3 is 10.2 Å². The topological polar surface area (TPSA) is 32.3 Å². The third-order valence-corrected chi connectivity index (χ3v) is 2.35. The summed E-state index contributed by atoms with van der Waals surface area (Å²) in [7, 11) is 3.59. The van der Waals surface area contributed by atoms with E-state index >= 15 is 0 Å². The monoisotopic (exact) mass is 214 g/mol. The number of rotatable bonds is 5. The summed E-state index contributed by atoms with van der Waals surface area (Å²) in [5.74, 6) is 0.186. The number of hydrogen-bond acceptors (Lipinski definition) is 2. The number of carbonyl (C=O) groups is 1. The van der Waals surface area contributed by atoms with Crippen molar-refractivity contribution in [3.63, 3.8) is 0 Å². The summed E-state index contributed by atoms with van der Waals surface area (Å²) in [4.78, 5) is 13.0. The molecule has 0 aromatic carbocycles. The van der Waals surface area contributed by atoms with Crippen molar-refractivity contribution in [1.29, 1.82) is 0 Å². The van der Waals surface area contributed by atoms with Gasteiger partial charge in [-0.25, -0.2) is 0 Å². The Morgan fingerprint density at radius 1 is 1.33 bits per heavy atom. The van der Waals surface area contributed by atoms with Crippen molar-refractivity contribution < 1.29 is 4.79 Å². The molecule has 1 unspecified atom stereocenters. The highest BCUT2D eigenvalue weighted by atomic mass is 16.2. The Morgan fingerprint density at radius 2 is 1.87 bits per heavy atom. The third-order valence-electron chi connectivity index (χ3n) is 2.35. The van der Waals surface area contributed by atoms with Gasteiger partial charge >= 0.3 is 0 Å². The second-order valence-corrected chi connectivity index (χ2v) is 5.66. The van der Waals surface area contributed by atoms with Crippen LogP contribution in [0.4, 0.5) is 0 Å². The smallest absolute Gasteiger partial charge is 0.223 e. The van der Waals surface area contributed by atoms with E-state index in [4.69, 9.17) is 0 Å². The molecule has 0 aliphatic heterocycles. The van der Waals surface area contributed by atoms with Gasteiger partial charge in [-0.2, -0.15) is 0 Å². The van der Waals surface area contributed by atoms with Gasteiger partial charge in [0.2, 0.25) is 5.91 Å². The van der Waals surface area contributed by atoms with E-state index in [9.17, 15) is 4.79 Å². The molecule has 3 heteroatoms. The lowest BCUT2D eigenvalue weighted by molar-refractivity contribution is -0.129. The highest BCUT2D eigenvalue weighted by Crippen LogP contribution is 2.17. The Morgan fingerprint density at radius 3 is 2.27 bits per heavy atom. The molecule has 90 valence electrons. The summed E-state index contributed by atoms with van der Waals surface area (Å²) in [6.45, 7) is 9.72. The minimum absolute atomic E-state index is 0.186. The number of nitrogens with zero attached hydrogens (tertiary/aromatic N) is 1. The van der Waals surface area contributed by atoms with Crippen LogP contribution in [-0.4, -0.2) is 37.5 Å². The van der Waals surface area contributed by atoms with Crippen molar-refractivity contribution in [2.45, 2.75) is 46.6 Å². The van der Waals surface area contributed by atoms with Crippen molar-refractivity contribution in [2.75, 3.05) is 20.6 Å². The molecule has 0 saturated carbocycles. The van der Waals surface area contributed by atoms with Crippen LogP contribution in [0.15, 0.2) is 0 Å². The van der Waals surface area contributed by atoms with E-state index in [1.807, 2.05) is 0 Å². The lowest BCUT2D eigenvalue weighted by Crippen LogP contribution is -2.34. The molecule has 0 saturated heterocycles. The molecule has 1 amide bonds. The summed E-state index contributed by atoms with van der Waals surface area (Å²) in [5, 5.41) is 3.38. The molecule has 1 N–H and O–H groups in total. The molecule has 0 radical (unpaired) electrons. The van der Waals surface area contributed by atoms with E-state index in [0.717, 1.165) is 13.0 Å². The first-order valence-electron chi connectivity index (χ1n) is 5.66. The van der Waals surface area contributed by atoms with Crippen LogP contribution < -0.4 is 5.32 Å². The molecule has 0 rings (SSSR count). The Hall–Kier alpha value is -0.570. The van der Waals surface area contributed by atoms with Gasteiger partial charge in [0, 0.05) is 26.6 Å². The molecule has 3 nitrogen and oxygen atoms in total. The van der Waals surface area contributed by atoms with Crippen molar-refractivity contribution in [1.82, 2.24) is 10.2 Å². The van der Waals surface area contributed by atoms with Crippen LogP contribution in [0.2, 0.25) is 0 Å². The van der Waals surface area contributed by atoms with Gasteiger partial charge in [-0.05, 0) is 25.3 Å². The first-order valence-corrected chi connectivity index (χ1v) is 5.66. The van der Waals surface area contributed by atoms with Crippen molar-refractivity contribution in [3.8, 4) is 0 Å². The zero-order valence-electron chi connectivity index (χ0n) is 11.1. The van der Waals surface area contributed by atoms with E-state index in [1.54, 1.807) is 19.0 Å². The largest absolute Gasteiger partial charge is 0.349 e. The highest BCUT2D eigenvalue weighted by Gasteiger charge is 2.12. The van der Waals surface area contributed by atoms with E-state index in [2.05, 4.69) is 33.0 Å². The fourth-order valence-electron chi connectivity index (χ4n) is 1.21. The quantitative estimate of drug-likeness (QED) is 0.758. The molecule has 0 heterocycles. The number of nitrogens with one attached hydrogen (secondary N) is 1. The average Bonchev–Trinajstić information content (AvgIpc) is 2.01. The fourth-order valence-corrected chi connectivity index (χ4v) is 1.21. The zero-order chi connectivity index (χ0) is 12.1. The zero-order valence-corrected chi connectivity index (χ0v) is 11.1. The fraction of sp³-hybridized carbons (Fsp3) is 0.917. The molecule has 0 aromatic heterocycles.